The zero-order chi connectivity index (χ0) is 13.3. The van der Waals surface area contributed by atoms with E-state index in [-0.39, 0.29) is 5.75 Å². The van der Waals surface area contributed by atoms with Crippen molar-refractivity contribution in [3.8, 4) is 11.5 Å². The number of aryl methyl sites for hydroxylation is 1. The fourth-order valence-electron chi connectivity index (χ4n) is 1.71. The first-order valence-electron chi connectivity index (χ1n) is 6.43. The molecule has 1 aromatic heterocycles. The van der Waals surface area contributed by atoms with Gasteiger partial charge in [-0.05, 0) is 37.2 Å². The van der Waals surface area contributed by atoms with Crippen LogP contribution in [-0.2, 0) is 6.54 Å². The van der Waals surface area contributed by atoms with Gasteiger partial charge in [-0.1, -0.05) is 0 Å². The second-order valence-electron chi connectivity index (χ2n) is 4.25. The van der Waals surface area contributed by atoms with E-state index in [0.29, 0.717) is 6.61 Å². The van der Waals surface area contributed by atoms with E-state index < -0.39 is 0 Å². The van der Waals surface area contributed by atoms with Crippen molar-refractivity contribution in [1.82, 2.24) is 14.9 Å². The second-order valence-corrected chi connectivity index (χ2v) is 4.25. The van der Waals surface area contributed by atoms with E-state index in [4.69, 9.17) is 9.84 Å². The van der Waals surface area contributed by atoms with Crippen LogP contribution in [0.3, 0.4) is 0 Å². The smallest absolute Gasteiger partial charge is 0.119 e. The van der Waals surface area contributed by atoms with Gasteiger partial charge < -0.3 is 19.7 Å². The third-order valence-electron chi connectivity index (χ3n) is 2.71. The summed E-state index contributed by atoms with van der Waals surface area (Å²) in [5, 5.41) is 12.5. The van der Waals surface area contributed by atoms with E-state index >= 15 is 0 Å². The lowest BCUT2D eigenvalue weighted by atomic mass is 10.3. The molecule has 0 aliphatic rings. The van der Waals surface area contributed by atoms with E-state index in [0.717, 1.165) is 31.8 Å². The molecule has 2 aromatic rings. The zero-order valence-corrected chi connectivity index (χ0v) is 10.8. The maximum Gasteiger partial charge on any atom is 0.119 e. The molecule has 5 heteroatoms. The van der Waals surface area contributed by atoms with Crippen molar-refractivity contribution in [3.63, 3.8) is 0 Å². The van der Waals surface area contributed by atoms with Crippen LogP contribution in [0, 0.1) is 0 Å². The third-order valence-corrected chi connectivity index (χ3v) is 2.71. The Kier molecular flexibility index (Phi) is 5.25. The second kappa shape index (κ2) is 7.43. The van der Waals surface area contributed by atoms with Gasteiger partial charge in [0.05, 0.1) is 6.33 Å². The number of imidazole rings is 1. The van der Waals surface area contributed by atoms with Crippen LogP contribution < -0.4 is 10.1 Å². The number of phenolic OH excluding ortho intramolecular Hbond substituents is 1. The van der Waals surface area contributed by atoms with E-state index in [1.807, 2.05) is 12.5 Å². The van der Waals surface area contributed by atoms with Gasteiger partial charge in [0.25, 0.3) is 0 Å². The molecular formula is C14H19N3O2. The highest BCUT2D eigenvalue weighted by atomic mass is 16.5. The van der Waals surface area contributed by atoms with Crippen LogP contribution in [-0.4, -0.2) is 34.4 Å². The Morgan fingerprint density at radius 1 is 1.21 bits per heavy atom. The summed E-state index contributed by atoms with van der Waals surface area (Å²) in [7, 11) is 0. The maximum atomic E-state index is 9.13. The summed E-state index contributed by atoms with van der Waals surface area (Å²) in [5.74, 6) is 1.03. The number of hydrogen-bond acceptors (Lipinski definition) is 4. The van der Waals surface area contributed by atoms with Gasteiger partial charge in [-0.3, -0.25) is 0 Å². The Bertz CT molecular complexity index is 454. The molecule has 5 nitrogen and oxygen atoms in total. The molecule has 0 bridgehead atoms. The highest BCUT2D eigenvalue weighted by molar-refractivity contribution is 5.29. The molecule has 0 atom stereocenters. The van der Waals surface area contributed by atoms with Gasteiger partial charge in [-0.2, -0.15) is 0 Å². The summed E-state index contributed by atoms with van der Waals surface area (Å²) in [6.07, 6.45) is 6.65. The van der Waals surface area contributed by atoms with Crippen molar-refractivity contribution in [1.29, 1.82) is 0 Å². The molecule has 0 radical (unpaired) electrons. The number of hydrogen-bond donors (Lipinski definition) is 2. The van der Waals surface area contributed by atoms with E-state index in [2.05, 4.69) is 14.9 Å². The standard InChI is InChI=1S/C14H19N3O2/c18-13-2-4-14(5-3-13)19-11-8-15-6-1-9-17-10-7-16-12-17/h2-5,7,10,12,15,18H,1,6,8-9,11H2. The van der Waals surface area contributed by atoms with E-state index in [1.165, 1.54) is 0 Å². The van der Waals surface area contributed by atoms with E-state index in [1.54, 1.807) is 30.5 Å². The topological polar surface area (TPSA) is 59.3 Å². The molecule has 0 saturated carbocycles. The summed E-state index contributed by atoms with van der Waals surface area (Å²) in [5.41, 5.74) is 0. The van der Waals surface area contributed by atoms with Gasteiger partial charge in [0, 0.05) is 25.5 Å². The molecule has 0 saturated heterocycles. The predicted molar refractivity (Wildman–Crippen MR) is 73.3 cm³/mol. The largest absolute Gasteiger partial charge is 0.508 e. The van der Waals surface area contributed by atoms with Crippen LogP contribution in [0.15, 0.2) is 43.0 Å². The number of rotatable bonds is 8. The lowest BCUT2D eigenvalue weighted by Crippen LogP contribution is -2.22. The minimum absolute atomic E-state index is 0.255. The van der Waals surface area contributed by atoms with Crippen molar-refractivity contribution < 1.29 is 9.84 Å². The monoisotopic (exact) mass is 261 g/mol. The normalized spacial score (nSPS) is 10.5. The number of nitrogens with one attached hydrogen (secondary N) is 1. The average molecular weight is 261 g/mol. The molecular weight excluding hydrogens is 242 g/mol. The first kappa shape index (κ1) is 13.4. The molecule has 19 heavy (non-hydrogen) atoms. The number of ether oxygens (including phenoxy) is 1. The van der Waals surface area contributed by atoms with Crippen molar-refractivity contribution in [2.75, 3.05) is 19.7 Å². The first-order valence-corrected chi connectivity index (χ1v) is 6.43. The lowest BCUT2D eigenvalue weighted by molar-refractivity contribution is 0.313. The highest BCUT2D eigenvalue weighted by Crippen LogP contribution is 2.15. The SMILES string of the molecule is Oc1ccc(OCCNCCCn2ccnc2)cc1. The van der Waals surface area contributed by atoms with Crippen LogP contribution >= 0.6 is 0 Å². The molecule has 0 spiro atoms. The fourth-order valence-corrected chi connectivity index (χ4v) is 1.71. The molecule has 1 heterocycles. The van der Waals surface area contributed by atoms with Gasteiger partial charge in [0.1, 0.15) is 18.1 Å². The molecule has 1 aromatic carbocycles. The summed E-state index contributed by atoms with van der Waals surface area (Å²) >= 11 is 0. The number of benzene rings is 1. The van der Waals surface area contributed by atoms with Crippen LogP contribution in [0.1, 0.15) is 6.42 Å². The average Bonchev–Trinajstić information content (AvgIpc) is 2.93. The molecule has 0 fully saturated rings. The predicted octanol–water partition coefficient (Wildman–Crippen LogP) is 1.65. The lowest BCUT2D eigenvalue weighted by Gasteiger charge is -2.07. The zero-order valence-electron chi connectivity index (χ0n) is 10.8. The summed E-state index contributed by atoms with van der Waals surface area (Å²) in [6.45, 7) is 3.36. The summed E-state index contributed by atoms with van der Waals surface area (Å²) in [6, 6.07) is 6.75. The van der Waals surface area contributed by atoms with Crippen molar-refractivity contribution >= 4 is 0 Å². The van der Waals surface area contributed by atoms with Crippen LogP contribution in [0.4, 0.5) is 0 Å². The number of aromatic hydroxyl groups is 1. The molecule has 0 unspecified atom stereocenters. The van der Waals surface area contributed by atoms with Crippen molar-refractivity contribution in [2.45, 2.75) is 13.0 Å². The molecule has 2 N–H and O–H groups in total. The fraction of sp³-hybridized carbons (Fsp3) is 0.357. The van der Waals surface area contributed by atoms with Crippen LogP contribution in [0.25, 0.3) is 0 Å². The Labute approximate surface area is 112 Å². The van der Waals surface area contributed by atoms with Crippen molar-refractivity contribution in [3.05, 3.63) is 43.0 Å². The Morgan fingerprint density at radius 2 is 2.05 bits per heavy atom. The maximum absolute atomic E-state index is 9.13. The minimum Gasteiger partial charge on any atom is -0.508 e. The highest BCUT2D eigenvalue weighted by Gasteiger charge is 1.94. The van der Waals surface area contributed by atoms with E-state index in [9.17, 15) is 0 Å². The molecule has 0 aliphatic carbocycles. The van der Waals surface area contributed by atoms with Crippen LogP contribution in [0.2, 0.25) is 0 Å². The van der Waals surface area contributed by atoms with Gasteiger partial charge in [-0.25, -0.2) is 4.98 Å². The Balaban J connectivity index is 1.49. The number of aromatic nitrogens is 2. The number of phenols is 1. The molecule has 0 aliphatic heterocycles. The van der Waals surface area contributed by atoms with Gasteiger partial charge in [0.15, 0.2) is 0 Å². The van der Waals surface area contributed by atoms with Gasteiger partial charge >= 0.3 is 0 Å². The Hall–Kier alpha value is -2.01. The third kappa shape index (κ3) is 5.01. The summed E-state index contributed by atoms with van der Waals surface area (Å²) < 4.78 is 7.59. The van der Waals surface area contributed by atoms with Gasteiger partial charge in [-0.15, -0.1) is 0 Å². The van der Waals surface area contributed by atoms with Gasteiger partial charge in [0.2, 0.25) is 0 Å². The van der Waals surface area contributed by atoms with Crippen molar-refractivity contribution in [2.24, 2.45) is 0 Å². The first-order chi connectivity index (χ1) is 9.34. The Morgan fingerprint density at radius 3 is 2.79 bits per heavy atom. The summed E-state index contributed by atoms with van der Waals surface area (Å²) in [4.78, 5) is 4.00. The molecule has 102 valence electrons. The number of nitrogens with zero attached hydrogens (tertiary/aromatic N) is 2. The molecule has 2 rings (SSSR count). The quantitative estimate of drug-likeness (QED) is 0.709. The van der Waals surface area contributed by atoms with Crippen LogP contribution in [0.5, 0.6) is 11.5 Å². The molecule has 0 amide bonds. The minimum atomic E-state index is 0.255.